The van der Waals surface area contributed by atoms with Crippen molar-refractivity contribution in [3.8, 4) is 0 Å². The standard InChI is InChI=1S/C14H19FN2O3/c1-9(14(19)20)5-3-6-10(2)17-13(18)11-7-4-8-16-12(11)15/h4,7-10H,3,5-6H2,1-2H3,(H,17,18)(H,19,20). The zero-order valence-electron chi connectivity index (χ0n) is 11.6. The summed E-state index contributed by atoms with van der Waals surface area (Å²) in [6, 6.07) is 2.72. The number of rotatable bonds is 7. The molecule has 0 aromatic carbocycles. The van der Waals surface area contributed by atoms with Gasteiger partial charge in [0.15, 0.2) is 0 Å². The van der Waals surface area contributed by atoms with Gasteiger partial charge >= 0.3 is 5.97 Å². The highest BCUT2D eigenvalue weighted by Crippen LogP contribution is 2.10. The molecule has 20 heavy (non-hydrogen) atoms. The molecular weight excluding hydrogens is 263 g/mol. The first-order valence-corrected chi connectivity index (χ1v) is 6.56. The van der Waals surface area contributed by atoms with Crippen LogP contribution in [0.15, 0.2) is 18.3 Å². The largest absolute Gasteiger partial charge is 0.481 e. The maximum absolute atomic E-state index is 13.3. The second kappa shape index (κ2) is 7.57. The fraction of sp³-hybridized carbons (Fsp3) is 0.500. The van der Waals surface area contributed by atoms with E-state index in [0.29, 0.717) is 19.3 Å². The summed E-state index contributed by atoms with van der Waals surface area (Å²) in [5, 5.41) is 11.4. The van der Waals surface area contributed by atoms with Crippen molar-refractivity contribution in [1.29, 1.82) is 0 Å². The number of carbonyl (C=O) groups excluding carboxylic acids is 1. The Hall–Kier alpha value is -1.98. The maximum atomic E-state index is 13.3. The average molecular weight is 282 g/mol. The smallest absolute Gasteiger partial charge is 0.306 e. The molecule has 5 nitrogen and oxygen atoms in total. The first-order chi connectivity index (χ1) is 9.41. The van der Waals surface area contributed by atoms with Crippen LogP contribution in [0.5, 0.6) is 0 Å². The molecule has 0 spiro atoms. The Balaban J connectivity index is 2.39. The van der Waals surface area contributed by atoms with Crippen molar-refractivity contribution in [2.75, 3.05) is 0 Å². The van der Waals surface area contributed by atoms with Gasteiger partial charge in [-0.3, -0.25) is 9.59 Å². The summed E-state index contributed by atoms with van der Waals surface area (Å²) in [4.78, 5) is 25.9. The number of pyridine rings is 1. The fourth-order valence-corrected chi connectivity index (χ4v) is 1.78. The van der Waals surface area contributed by atoms with Gasteiger partial charge in [-0.1, -0.05) is 13.3 Å². The van der Waals surface area contributed by atoms with E-state index in [0.717, 1.165) is 0 Å². The quantitative estimate of drug-likeness (QED) is 0.752. The minimum absolute atomic E-state index is 0.0849. The molecule has 2 N–H and O–H groups in total. The van der Waals surface area contributed by atoms with Gasteiger partial charge in [0, 0.05) is 12.2 Å². The molecule has 0 bridgehead atoms. The molecular formula is C14H19FN2O3. The maximum Gasteiger partial charge on any atom is 0.306 e. The second-order valence-corrected chi connectivity index (χ2v) is 4.89. The number of carbonyl (C=O) groups is 2. The summed E-state index contributed by atoms with van der Waals surface area (Å²) >= 11 is 0. The van der Waals surface area contributed by atoms with Crippen LogP contribution in [0.2, 0.25) is 0 Å². The molecule has 0 saturated heterocycles. The topological polar surface area (TPSA) is 79.3 Å². The van der Waals surface area contributed by atoms with Crippen LogP contribution in [0, 0.1) is 11.9 Å². The minimum Gasteiger partial charge on any atom is -0.481 e. The van der Waals surface area contributed by atoms with E-state index in [2.05, 4.69) is 10.3 Å². The highest BCUT2D eigenvalue weighted by atomic mass is 19.1. The van der Waals surface area contributed by atoms with E-state index >= 15 is 0 Å². The number of nitrogens with zero attached hydrogens (tertiary/aromatic N) is 1. The Labute approximate surface area is 117 Å². The molecule has 0 aliphatic rings. The number of aliphatic carboxylic acids is 1. The monoisotopic (exact) mass is 282 g/mol. The Morgan fingerprint density at radius 3 is 2.70 bits per heavy atom. The number of halogens is 1. The molecule has 1 amide bonds. The summed E-state index contributed by atoms with van der Waals surface area (Å²) in [7, 11) is 0. The second-order valence-electron chi connectivity index (χ2n) is 4.89. The van der Waals surface area contributed by atoms with Crippen molar-refractivity contribution < 1.29 is 19.1 Å². The molecule has 2 atom stereocenters. The number of hydrogen-bond acceptors (Lipinski definition) is 3. The summed E-state index contributed by atoms with van der Waals surface area (Å²) in [6.07, 6.45) is 3.16. The first kappa shape index (κ1) is 16.1. The Morgan fingerprint density at radius 1 is 1.40 bits per heavy atom. The van der Waals surface area contributed by atoms with Gasteiger partial charge in [0.1, 0.15) is 0 Å². The summed E-state index contributed by atoms with van der Waals surface area (Å²) in [6.45, 7) is 3.45. The number of carboxylic acid groups (broad SMARTS) is 1. The molecule has 2 unspecified atom stereocenters. The molecule has 0 saturated carbocycles. The summed E-state index contributed by atoms with van der Waals surface area (Å²) in [5.74, 6) is -2.51. The van der Waals surface area contributed by atoms with E-state index < -0.39 is 23.7 Å². The molecule has 0 aliphatic heterocycles. The molecule has 6 heteroatoms. The number of carboxylic acids is 1. The molecule has 1 heterocycles. The average Bonchev–Trinajstić information content (AvgIpc) is 2.38. The SMILES string of the molecule is CC(CCCC(C)C(=O)O)NC(=O)c1cccnc1F. The highest BCUT2D eigenvalue weighted by Gasteiger charge is 2.15. The third-order valence-corrected chi connectivity index (χ3v) is 3.08. The molecule has 0 radical (unpaired) electrons. The van der Waals surface area contributed by atoms with Gasteiger partial charge in [0.2, 0.25) is 5.95 Å². The van der Waals surface area contributed by atoms with Crippen LogP contribution in [0.3, 0.4) is 0 Å². The van der Waals surface area contributed by atoms with E-state index in [4.69, 9.17) is 5.11 Å². The first-order valence-electron chi connectivity index (χ1n) is 6.56. The number of nitrogens with one attached hydrogen (secondary N) is 1. The number of hydrogen-bond donors (Lipinski definition) is 2. The lowest BCUT2D eigenvalue weighted by molar-refractivity contribution is -0.141. The van der Waals surface area contributed by atoms with E-state index in [1.165, 1.54) is 18.3 Å². The minimum atomic E-state index is -0.820. The predicted octanol–water partition coefficient (Wildman–Crippen LogP) is 2.23. The zero-order valence-corrected chi connectivity index (χ0v) is 11.6. The van der Waals surface area contributed by atoms with Gasteiger partial charge in [-0.2, -0.15) is 4.39 Å². The molecule has 0 aliphatic carbocycles. The van der Waals surface area contributed by atoms with Gasteiger partial charge in [0.05, 0.1) is 11.5 Å². The predicted molar refractivity (Wildman–Crippen MR) is 71.8 cm³/mol. The van der Waals surface area contributed by atoms with Gasteiger partial charge < -0.3 is 10.4 Å². The third kappa shape index (κ3) is 4.95. The zero-order chi connectivity index (χ0) is 15.1. The Bertz CT molecular complexity index is 479. The van der Waals surface area contributed by atoms with E-state index in [1.54, 1.807) is 13.8 Å². The lowest BCUT2D eigenvalue weighted by atomic mass is 10.0. The van der Waals surface area contributed by atoms with Crippen molar-refractivity contribution >= 4 is 11.9 Å². The van der Waals surface area contributed by atoms with Crippen LogP contribution in [0.1, 0.15) is 43.5 Å². The third-order valence-electron chi connectivity index (χ3n) is 3.08. The summed E-state index contributed by atoms with van der Waals surface area (Å²) < 4.78 is 13.3. The van der Waals surface area contributed by atoms with Crippen LogP contribution in [0.25, 0.3) is 0 Å². The van der Waals surface area contributed by atoms with Crippen molar-refractivity contribution in [2.24, 2.45) is 5.92 Å². The number of amides is 1. The van der Waals surface area contributed by atoms with Crippen molar-refractivity contribution in [3.05, 3.63) is 29.8 Å². The van der Waals surface area contributed by atoms with Crippen LogP contribution in [-0.4, -0.2) is 28.0 Å². The van der Waals surface area contributed by atoms with E-state index in [-0.39, 0.29) is 11.6 Å². The van der Waals surface area contributed by atoms with Crippen LogP contribution in [-0.2, 0) is 4.79 Å². The molecule has 1 aromatic rings. The highest BCUT2D eigenvalue weighted by molar-refractivity contribution is 5.94. The fourth-order valence-electron chi connectivity index (χ4n) is 1.78. The van der Waals surface area contributed by atoms with Crippen LogP contribution in [0.4, 0.5) is 4.39 Å². The van der Waals surface area contributed by atoms with Crippen molar-refractivity contribution in [2.45, 2.75) is 39.2 Å². The Kier molecular flexibility index (Phi) is 6.09. The Morgan fingerprint density at radius 2 is 2.10 bits per heavy atom. The molecule has 0 fully saturated rings. The van der Waals surface area contributed by atoms with Crippen molar-refractivity contribution in [1.82, 2.24) is 10.3 Å². The lowest BCUT2D eigenvalue weighted by Gasteiger charge is -2.14. The van der Waals surface area contributed by atoms with E-state index in [1.807, 2.05) is 0 Å². The van der Waals surface area contributed by atoms with Gasteiger partial charge in [0.25, 0.3) is 5.91 Å². The normalized spacial score (nSPS) is 13.6. The molecule has 1 rings (SSSR count). The molecule has 110 valence electrons. The lowest BCUT2D eigenvalue weighted by Crippen LogP contribution is -2.33. The van der Waals surface area contributed by atoms with Gasteiger partial charge in [-0.25, -0.2) is 4.98 Å². The molecule has 1 aromatic heterocycles. The van der Waals surface area contributed by atoms with E-state index in [9.17, 15) is 14.0 Å². The van der Waals surface area contributed by atoms with Crippen LogP contribution >= 0.6 is 0 Å². The van der Waals surface area contributed by atoms with Gasteiger partial charge in [-0.15, -0.1) is 0 Å². The number of aromatic nitrogens is 1. The van der Waals surface area contributed by atoms with Gasteiger partial charge in [-0.05, 0) is 31.9 Å². The van der Waals surface area contributed by atoms with Crippen LogP contribution < -0.4 is 5.32 Å². The van der Waals surface area contributed by atoms with Crippen molar-refractivity contribution in [3.63, 3.8) is 0 Å². The summed E-state index contributed by atoms with van der Waals surface area (Å²) in [5.41, 5.74) is -0.0849.